The standard InChI is InChI=1S/C15H14N2O2.C4H4O4/c1-10-12-3-4-13(17(12)7-6-16-10)11-2-5-14-15(8-11)19-9-18-14;5-3(6)1-2-4(7)8/h2-5,8H,6-7,9H2,1H3;1-2H,(H,5,6)(H,7,8). The maximum absolute atomic E-state index is 9.55. The molecule has 27 heavy (non-hydrogen) atoms. The third-order valence-corrected chi connectivity index (χ3v) is 4.06. The van der Waals surface area contributed by atoms with Crippen molar-refractivity contribution in [1.29, 1.82) is 0 Å². The molecule has 0 bridgehead atoms. The summed E-state index contributed by atoms with van der Waals surface area (Å²) in [6, 6.07) is 10.4. The van der Waals surface area contributed by atoms with E-state index in [1.807, 2.05) is 12.1 Å². The number of hydrogen-bond acceptors (Lipinski definition) is 5. The van der Waals surface area contributed by atoms with Gasteiger partial charge in [-0.15, -0.1) is 0 Å². The second-order valence-electron chi connectivity index (χ2n) is 5.80. The fourth-order valence-corrected chi connectivity index (χ4v) is 2.87. The van der Waals surface area contributed by atoms with Crippen LogP contribution in [0.15, 0.2) is 47.5 Å². The largest absolute Gasteiger partial charge is 0.478 e. The molecule has 8 nitrogen and oxygen atoms in total. The van der Waals surface area contributed by atoms with Gasteiger partial charge in [0, 0.05) is 30.0 Å². The summed E-state index contributed by atoms with van der Waals surface area (Å²) in [5.41, 5.74) is 4.69. The Bertz CT molecular complexity index is 926. The van der Waals surface area contributed by atoms with E-state index >= 15 is 0 Å². The lowest BCUT2D eigenvalue weighted by molar-refractivity contribution is -0.134. The van der Waals surface area contributed by atoms with E-state index in [2.05, 4.69) is 34.7 Å². The predicted molar refractivity (Wildman–Crippen MR) is 97.5 cm³/mol. The van der Waals surface area contributed by atoms with Gasteiger partial charge in [0.15, 0.2) is 11.5 Å². The van der Waals surface area contributed by atoms with Crippen LogP contribution in [-0.2, 0) is 16.1 Å². The number of aliphatic carboxylic acids is 2. The predicted octanol–water partition coefficient (Wildman–Crippen LogP) is 2.42. The highest BCUT2D eigenvalue weighted by Gasteiger charge is 2.18. The molecule has 0 radical (unpaired) electrons. The third kappa shape index (κ3) is 4.17. The van der Waals surface area contributed by atoms with Gasteiger partial charge in [0.25, 0.3) is 0 Å². The molecule has 0 atom stereocenters. The van der Waals surface area contributed by atoms with Gasteiger partial charge in [-0.3, -0.25) is 4.99 Å². The zero-order chi connectivity index (χ0) is 19.4. The number of benzene rings is 1. The zero-order valence-electron chi connectivity index (χ0n) is 14.6. The molecule has 2 aromatic rings. The Hall–Kier alpha value is -3.55. The summed E-state index contributed by atoms with van der Waals surface area (Å²) in [7, 11) is 0. The molecule has 0 amide bonds. The molecule has 8 heteroatoms. The molecule has 2 aliphatic rings. The fourth-order valence-electron chi connectivity index (χ4n) is 2.87. The van der Waals surface area contributed by atoms with Crippen molar-refractivity contribution in [2.75, 3.05) is 13.3 Å². The van der Waals surface area contributed by atoms with Crippen molar-refractivity contribution in [3.05, 3.63) is 48.2 Å². The zero-order valence-corrected chi connectivity index (χ0v) is 14.6. The first-order valence-corrected chi connectivity index (χ1v) is 8.20. The quantitative estimate of drug-likeness (QED) is 0.803. The van der Waals surface area contributed by atoms with Crippen LogP contribution in [0.4, 0.5) is 0 Å². The molecule has 0 spiro atoms. The van der Waals surface area contributed by atoms with Gasteiger partial charge in [0.1, 0.15) is 0 Å². The Labute approximate surface area is 155 Å². The molecule has 2 aliphatic heterocycles. The number of nitrogens with zero attached hydrogens (tertiary/aromatic N) is 2. The highest BCUT2D eigenvalue weighted by atomic mass is 16.7. The minimum Gasteiger partial charge on any atom is -0.478 e. The lowest BCUT2D eigenvalue weighted by Gasteiger charge is -2.17. The lowest BCUT2D eigenvalue weighted by atomic mass is 10.1. The number of carbonyl (C=O) groups is 2. The molecule has 1 aromatic heterocycles. The van der Waals surface area contributed by atoms with Gasteiger partial charge < -0.3 is 24.3 Å². The van der Waals surface area contributed by atoms with Crippen molar-refractivity contribution in [3.8, 4) is 22.8 Å². The monoisotopic (exact) mass is 370 g/mol. The lowest BCUT2D eigenvalue weighted by Crippen LogP contribution is -2.16. The number of rotatable bonds is 3. The molecule has 0 aliphatic carbocycles. The summed E-state index contributed by atoms with van der Waals surface area (Å²) in [5.74, 6) is -0.860. The number of hydrogen-bond donors (Lipinski definition) is 2. The summed E-state index contributed by atoms with van der Waals surface area (Å²) in [6.45, 7) is 4.17. The Morgan fingerprint density at radius 3 is 2.41 bits per heavy atom. The van der Waals surface area contributed by atoms with E-state index < -0.39 is 11.9 Å². The van der Waals surface area contributed by atoms with Gasteiger partial charge in [-0.1, -0.05) is 0 Å². The number of carboxylic acid groups (broad SMARTS) is 2. The molecule has 1 aromatic carbocycles. The molecule has 4 rings (SSSR count). The number of fused-ring (bicyclic) bond motifs is 2. The van der Waals surface area contributed by atoms with Gasteiger partial charge >= 0.3 is 11.9 Å². The van der Waals surface area contributed by atoms with Crippen LogP contribution in [0.2, 0.25) is 0 Å². The second-order valence-corrected chi connectivity index (χ2v) is 5.80. The van der Waals surface area contributed by atoms with Gasteiger partial charge in [-0.25, -0.2) is 9.59 Å². The second kappa shape index (κ2) is 7.77. The van der Waals surface area contributed by atoms with E-state index in [4.69, 9.17) is 19.7 Å². The molecule has 0 saturated heterocycles. The van der Waals surface area contributed by atoms with Crippen molar-refractivity contribution < 1.29 is 29.3 Å². The maximum Gasteiger partial charge on any atom is 0.328 e. The molecule has 140 valence electrons. The van der Waals surface area contributed by atoms with E-state index in [1.54, 1.807) is 0 Å². The van der Waals surface area contributed by atoms with Gasteiger partial charge in [0.2, 0.25) is 6.79 Å². The average Bonchev–Trinajstić information content (AvgIpc) is 3.27. The topological polar surface area (TPSA) is 110 Å². The molecule has 0 saturated carbocycles. The van der Waals surface area contributed by atoms with Crippen LogP contribution >= 0.6 is 0 Å². The SMILES string of the molecule is CC1=NCCn2c1ccc2-c1ccc2c(c1)OCO2.O=C(O)C=CC(=O)O. The van der Waals surface area contributed by atoms with Crippen LogP contribution in [0.25, 0.3) is 11.3 Å². The van der Waals surface area contributed by atoms with Crippen LogP contribution in [-0.4, -0.2) is 45.8 Å². The van der Waals surface area contributed by atoms with Crippen LogP contribution in [0.3, 0.4) is 0 Å². The summed E-state index contributed by atoms with van der Waals surface area (Å²) >= 11 is 0. The summed E-state index contributed by atoms with van der Waals surface area (Å²) < 4.78 is 13.1. The molecule has 3 heterocycles. The first kappa shape index (κ1) is 18.2. The summed E-state index contributed by atoms with van der Waals surface area (Å²) in [4.78, 5) is 23.6. The highest BCUT2D eigenvalue weighted by Crippen LogP contribution is 2.36. The van der Waals surface area contributed by atoms with Crippen LogP contribution in [0, 0.1) is 0 Å². The van der Waals surface area contributed by atoms with Gasteiger partial charge in [0.05, 0.1) is 18.0 Å². The minimum absolute atomic E-state index is 0.316. The molecule has 0 unspecified atom stereocenters. The van der Waals surface area contributed by atoms with Crippen molar-refractivity contribution in [1.82, 2.24) is 4.57 Å². The molecular weight excluding hydrogens is 352 g/mol. The van der Waals surface area contributed by atoms with Crippen LogP contribution in [0.5, 0.6) is 11.5 Å². The van der Waals surface area contributed by atoms with Crippen molar-refractivity contribution in [2.24, 2.45) is 4.99 Å². The van der Waals surface area contributed by atoms with Crippen molar-refractivity contribution in [3.63, 3.8) is 0 Å². The smallest absolute Gasteiger partial charge is 0.328 e. The minimum atomic E-state index is -1.26. The molecule has 0 fully saturated rings. The van der Waals surface area contributed by atoms with E-state index in [0.717, 1.165) is 35.9 Å². The fraction of sp³-hybridized carbons (Fsp3) is 0.211. The van der Waals surface area contributed by atoms with Crippen LogP contribution < -0.4 is 9.47 Å². The normalized spacial score (nSPS) is 14.2. The number of aromatic nitrogens is 1. The Morgan fingerprint density at radius 1 is 1.04 bits per heavy atom. The van der Waals surface area contributed by atoms with Crippen molar-refractivity contribution >= 4 is 17.7 Å². The molecular formula is C19H18N2O6. The van der Waals surface area contributed by atoms with Gasteiger partial charge in [-0.05, 0) is 37.3 Å². The first-order chi connectivity index (χ1) is 13.0. The van der Waals surface area contributed by atoms with Crippen LogP contribution in [0.1, 0.15) is 12.6 Å². The Balaban J connectivity index is 0.000000226. The summed E-state index contributed by atoms with van der Waals surface area (Å²) in [6.07, 6.45) is 1.12. The highest BCUT2D eigenvalue weighted by molar-refractivity contribution is 5.98. The van der Waals surface area contributed by atoms with E-state index in [9.17, 15) is 9.59 Å². The third-order valence-electron chi connectivity index (χ3n) is 4.06. The average molecular weight is 370 g/mol. The molecule has 2 N–H and O–H groups in total. The number of carboxylic acids is 2. The Morgan fingerprint density at radius 2 is 1.70 bits per heavy atom. The first-order valence-electron chi connectivity index (χ1n) is 8.20. The van der Waals surface area contributed by atoms with E-state index in [-0.39, 0.29) is 0 Å². The van der Waals surface area contributed by atoms with Gasteiger partial charge in [-0.2, -0.15) is 0 Å². The number of aliphatic imine (C=N–C) groups is 1. The van der Waals surface area contributed by atoms with E-state index in [0.29, 0.717) is 18.9 Å². The van der Waals surface area contributed by atoms with Crippen molar-refractivity contribution in [2.45, 2.75) is 13.5 Å². The number of ether oxygens (including phenoxy) is 2. The maximum atomic E-state index is 9.55. The Kier molecular flexibility index (Phi) is 5.25. The van der Waals surface area contributed by atoms with E-state index in [1.165, 1.54) is 11.4 Å². The summed E-state index contributed by atoms with van der Waals surface area (Å²) in [5, 5.41) is 15.6.